The minimum atomic E-state index is -1.04. The lowest BCUT2D eigenvalue weighted by molar-refractivity contribution is 0.0634. The van der Waals surface area contributed by atoms with E-state index in [9.17, 15) is 9.59 Å². The second-order valence-electron chi connectivity index (χ2n) is 6.40. The first-order chi connectivity index (χ1) is 10.2. The molecule has 6 nitrogen and oxygen atoms in total. The number of rotatable bonds is 5. The Bertz CT molecular complexity index is 572. The zero-order valence-corrected chi connectivity index (χ0v) is 13.0. The summed E-state index contributed by atoms with van der Waals surface area (Å²) < 4.78 is 10.8. The molecule has 1 aromatic carbocycles. The van der Waals surface area contributed by atoms with E-state index in [1.54, 1.807) is 20.8 Å². The van der Waals surface area contributed by atoms with E-state index >= 15 is 0 Å². The Kier molecular flexibility index (Phi) is 4.59. The highest BCUT2D eigenvalue weighted by Gasteiger charge is 2.23. The number of amides is 1. The van der Waals surface area contributed by atoms with Crippen molar-refractivity contribution in [3.05, 3.63) is 23.8 Å². The molecule has 120 valence electrons. The molecule has 1 aliphatic carbocycles. The molecule has 1 aliphatic rings. The topological polar surface area (TPSA) is 84.9 Å². The van der Waals surface area contributed by atoms with Crippen LogP contribution in [0.25, 0.3) is 0 Å². The van der Waals surface area contributed by atoms with Crippen LogP contribution in [0.2, 0.25) is 0 Å². The Morgan fingerprint density at radius 2 is 2.00 bits per heavy atom. The molecule has 2 N–H and O–H groups in total. The van der Waals surface area contributed by atoms with Crippen LogP contribution in [-0.2, 0) is 4.74 Å². The molecule has 1 aromatic rings. The molecule has 0 radical (unpaired) electrons. The number of aromatic carboxylic acids is 1. The van der Waals surface area contributed by atoms with Gasteiger partial charge in [0.25, 0.3) is 0 Å². The fourth-order valence-corrected chi connectivity index (χ4v) is 1.78. The third kappa shape index (κ3) is 4.95. The van der Waals surface area contributed by atoms with E-state index in [1.807, 2.05) is 0 Å². The molecular weight excluding hydrogens is 286 g/mol. The lowest BCUT2D eigenvalue weighted by Gasteiger charge is -2.20. The van der Waals surface area contributed by atoms with Crippen LogP contribution in [0.1, 0.15) is 44.0 Å². The standard InChI is InChI=1S/C16H21NO5/c1-16(2,3)22-15(20)17-12-7-6-11(14(18)19)8-13(12)21-9-10-4-5-10/h6-8,10H,4-5,9H2,1-3H3,(H,17,20)(H,18,19). The number of ether oxygens (including phenoxy) is 2. The van der Waals surface area contributed by atoms with Crippen molar-refractivity contribution >= 4 is 17.7 Å². The van der Waals surface area contributed by atoms with Crippen LogP contribution in [0, 0.1) is 5.92 Å². The van der Waals surface area contributed by atoms with Gasteiger partial charge in [-0.3, -0.25) is 5.32 Å². The van der Waals surface area contributed by atoms with E-state index < -0.39 is 17.7 Å². The molecule has 0 bridgehead atoms. The maximum absolute atomic E-state index is 11.8. The second kappa shape index (κ2) is 6.25. The maximum atomic E-state index is 11.8. The molecule has 0 aliphatic heterocycles. The molecule has 1 saturated carbocycles. The number of benzene rings is 1. The minimum absolute atomic E-state index is 0.112. The van der Waals surface area contributed by atoms with E-state index in [0.29, 0.717) is 24.0 Å². The average Bonchev–Trinajstić information content (AvgIpc) is 3.19. The van der Waals surface area contributed by atoms with Crippen molar-refractivity contribution < 1.29 is 24.2 Å². The lowest BCUT2D eigenvalue weighted by atomic mass is 10.2. The fourth-order valence-electron chi connectivity index (χ4n) is 1.78. The van der Waals surface area contributed by atoms with E-state index in [4.69, 9.17) is 14.6 Å². The zero-order chi connectivity index (χ0) is 16.3. The highest BCUT2D eigenvalue weighted by Crippen LogP contribution is 2.32. The van der Waals surface area contributed by atoms with Gasteiger partial charge in [-0.25, -0.2) is 9.59 Å². The number of nitrogens with one attached hydrogen (secondary N) is 1. The lowest BCUT2D eigenvalue weighted by Crippen LogP contribution is -2.27. The second-order valence-corrected chi connectivity index (χ2v) is 6.40. The first-order valence-electron chi connectivity index (χ1n) is 7.25. The van der Waals surface area contributed by atoms with Gasteiger partial charge in [0, 0.05) is 0 Å². The molecule has 0 spiro atoms. The van der Waals surface area contributed by atoms with E-state index in [0.717, 1.165) is 12.8 Å². The third-order valence-electron chi connectivity index (χ3n) is 3.04. The molecule has 1 amide bonds. The van der Waals surface area contributed by atoms with Crippen molar-refractivity contribution in [3.8, 4) is 5.75 Å². The molecule has 0 aromatic heterocycles. The summed E-state index contributed by atoms with van der Waals surface area (Å²) >= 11 is 0. The van der Waals surface area contributed by atoms with Gasteiger partial charge in [0.05, 0.1) is 17.9 Å². The van der Waals surface area contributed by atoms with Crippen LogP contribution in [0.4, 0.5) is 10.5 Å². The molecule has 0 atom stereocenters. The van der Waals surface area contributed by atoms with Gasteiger partial charge in [-0.15, -0.1) is 0 Å². The van der Waals surface area contributed by atoms with E-state index in [2.05, 4.69) is 5.32 Å². The summed E-state index contributed by atoms with van der Waals surface area (Å²) in [5.41, 5.74) is -0.0967. The van der Waals surface area contributed by atoms with E-state index in [-0.39, 0.29) is 5.56 Å². The number of carboxylic acid groups (broad SMARTS) is 1. The largest absolute Gasteiger partial charge is 0.491 e. The smallest absolute Gasteiger partial charge is 0.412 e. The predicted octanol–water partition coefficient (Wildman–Crippen LogP) is 3.52. The highest BCUT2D eigenvalue weighted by molar-refractivity contribution is 5.92. The summed E-state index contributed by atoms with van der Waals surface area (Å²) in [6.45, 7) is 5.83. The number of carboxylic acids is 1. The summed E-state index contributed by atoms with van der Waals surface area (Å²) in [7, 11) is 0. The Morgan fingerprint density at radius 1 is 1.32 bits per heavy atom. The Morgan fingerprint density at radius 3 is 2.55 bits per heavy atom. The summed E-state index contributed by atoms with van der Waals surface area (Å²) in [6, 6.07) is 4.34. The van der Waals surface area contributed by atoms with Crippen LogP contribution in [-0.4, -0.2) is 29.4 Å². The van der Waals surface area contributed by atoms with Crippen molar-refractivity contribution in [3.63, 3.8) is 0 Å². The van der Waals surface area contributed by atoms with E-state index in [1.165, 1.54) is 18.2 Å². The fraction of sp³-hybridized carbons (Fsp3) is 0.500. The first-order valence-corrected chi connectivity index (χ1v) is 7.25. The van der Waals surface area contributed by atoms with Gasteiger partial charge < -0.3 is 14.6 Å². The summed E-state index contributed by atoms with van der Waals surface area (Å²) in [6.07, 6.45) is 1.63. The van der Waals surface area contributed by atoms with Gasteiger partial charge in [0.2, 0.25) is 0 Å². The Balaban J connectivity index is 2.13. The van der Waals surface area contributed by atoms with Crippen LogP contribution < -0.4 is 10.1 Å². The van der Waals surface area contributed by atoms with Gasteiger partial charge in [-0.1, -0.05) is 0 Å². The van der Waals surface area contributed by atoms with Gasteiger partial charge in [-0.2, -0.15) is 0 Å². The van der Waals surface area contributed by atoms with Crippen molar-refractivity contribution in [2.24, 2.45) is 5.92 Å². The number of hydrogen-bond donors (Lipinski definition) is 2. The molecule has 2 rings (SSSR count). The molecule has 6 heteroatoms. The SMILES string of the molecule is CC(C)(C)OC(=O)Nc1ccc(C(=O)O)cc1OCC1CC1. The number of carbonyl (C=O) groups excluding carboxylic acids is 1. The van der Waals surface area contributed by atoms with Crippen molar-refractivity contribution in [1.82, 2.24) is 0 Å². The normalized spacial score (nSPS) is 14.3. The first kappa shape index (κ1) is 16.1. The summed E-state index contributed by atoms with van der Waals surface area (Å²) in [5.74, 6) is -0.180. The zero-order valence-electron chi connectivity index (χ0n) is 13.0. The summed E-state index contributed by atoms with van der Waals surface area (Å²) in [4.78, 5) is 22.9. The van der Waals surface area contributed by atoms with Crippen LogP contribution >= 0.6 is 0 Å². The highest BCUT2D eigenvalue weighted by atomic mass is 16.6. The molecule has 1 fully saturated rings. The average molecular weight is 307 g/mol. The Labute approximate surface area is 129 Å². The van der Waals surface area contributed by atoms with Crippen LogP contribution in [0.3, 0.4) is 0 Å². The van der Waals surface area contributed by atoms with Crippen LogP contribution in [0.15, 0.2) is 18.2 Å². The number of anilines is 1. The molecule has 22 heavy (non-hydrogen) atoms. The quantitative estimate of drug-likeness (QED) is 0.869. The minimum Gasteiger partial charge on any atom is -0.491 e. The monoisotopic (exact) mass is 307 g/mol. The third-order valence-corrected chi connectivity index (χ3v) is 3.04. The predicted molar refractivity (Wildman–Crippen MR) is 81.5 cm³/mol. The maximum Gasteiger partial charge on any atom is 0.412 e. The summed E-state index contributed by atoms with van der Waals surface area (Å²) in [5, 5.41) is 11.7. The molecule has 0 unspecified atom stereocenters. The van der Waals surface area contributed by atoms with Gasteiger partial charge in [-0.05, 0) is 57.7 Å². The molecule has 0 saturated heterocycles. The molecular formula is C16H21NO5. The van der Waals surface area contributed by atoms with Gasteiger partial charge >= 0.3 is 12.1 Å². The van der Waals surface area contributed by atoms with Crippen LogP contribution in [0.5, 0.6) is 5.75 Å². The van der Waals surface area contributed by atoms with Crippen molar-refractivity contribution in [2.75, 3.05) is 11.9 Å². The van der Waals surface area contributed by atoms with Gasteiger partial charge in [0.15, 0.2) is 0 Å². The van der Waals surface area contributed by atoms with Crippen molar-refractivity contribution in [2.45, 2.75) is 39.2 Å². The van der Waals surface area contributed by atoms with Crippen molar-refractivity contribution in [1.29, 1.82) is 0 Å². The number of carbonyl (C=O) groups is 2. The number of hydrogen-bond acceptors (Lipinski definition) is 4. The van der Waals surface area contributed by atoms with Gasteiger partial charge in [0.1, 0.15) is 11.4 Å². The molecule has 0 heterocycles. The Hall–Kier alpha value is -2.24.